The van der Waals surface area contributed by atoms with E-state index in [1.54, 1.807) is 12.3 Å². The van der Waals surface area contributed by atoms with Crippen molar-refractivity contribution in [1.29, 1.82) is 0 Å². The van der Waals surface area contributed by atoms with Gasteiger partial charge in [-0.05, 0) is 48.7 Å². The second-order valence-electron chi connectivity index (χ2n) is 5.94. The van der Waals surface area contributed by atoms with Crippen molar-refractivity contribution in [3.8, 4) is 0 Å². The standard InChI is InChI=1S/C21H20FN3O/c22-18-8-10-19(11-9-18)25-21(26)17-13-20(15-23-14-17)24-12-4-7-16-5-2-1-3-6-16/h1-3,5-6,8-11,13-15,24H,4,7,12H2,(H,25,26). The quantitative estimate of drug-likeness (QED) is 0.617. The maximum absolute atomic E-state index is 12.9. The largest absolute Gasteiger partial charge is 0.384 e. The van der Waals surface area contributed by atoms with E-state index in [9.17, 15) is 9.18 Å². The van der Waals surface area contributed by atoms with Gasteiger partial charge in [0.15, 0.2) is 0 Å². The number of carbonyl (C=O) groups excluding carboxylic acids is 1. The molecule has 1 heterocycles. The molecule has 3 aromatic rings. The molecule has 3 rings (SSSR count). The number of anilines is 2. The van der Waals surface area contributed by atoms with Crippen molar-refractivity contribution < 1.29 is 9.18 Å². The Morgan fingerprint density at radius 2 is 1.73 bits per heavy atom. The third-order valence-corrected chi connectivity index (χ3v) is 3.92. The molecule has 0 aliphatic carbocycles. The van der Waals surface area contributed by atoms with E-state index in [0.29, 0.717) is 11.3 Å². The number of halogens is 1. The summed E-state index contributed by atoms with van der Waals surface area (Å²) in [6, 6.07) is 17.7. The van der Waals surface area contributed by atoms with E-state index in [-0.39, 0.29) is 11.7 Å². The van der Waals surface area contributed by atoms with E-state index in [0.717, 1.165) is 25.1 Å². The maximum atomic E-state index is 12.9. The minimum absolute atomic E-state index is 0.281. The van der Waals surface area contributed by atoms with E-state index in [1.807, 2.05) is 18.2 Å². The van der Waals surface area contributed by atoms with Crippen LogP contribution >= 0.6 is 0 Å². The summed E-state index contributed by atoms with van der Waals surface area (Å²) >= 11 is 0. The molecule has 4 nitrogen and oxygen atoms in total. The molecule has 0 saturated heterocycles. The topological polar surface area (TPSA) is 54.0 Å². The van der Waals surface area contributed by atoms with Crippen LogP contribution in [-0.4, -0.2) is 17.4 Å². The van der Waals surface area contributed by atoms with Crippen molar-refractivity contribution in [3.63, 3.8) is 0 Å². The van der Waals surface area contributed by atoms with Gasteiger partial charge < -0.3 is 10.6 Å². The summed E-state index contributed by atoms with van der Waals surface area (Å²) < 4.78 is 12.9. The molecule has 1 amide bonds. The van der Waals surface area contributed by atoms with E-state index in [4.69, 9.17) is 0 Å². The predicted molar refractivity (Wildman–Crippen MR) is 102 cm³/mol. The number of pyridine rings is 1. The number of benzene rings is 2. The normalized spacial score (nSPS) is 10.3. The van der Waals surface area contributed by atoms with Crippen LogP contribution in [0, 0.1) is 5.82 Å². The molecule has 132 valence electrons. The van der Waals surface area contributed by atoms with Crippen molar-refractivity contribution >= 4 is 17.3 Å². The minimum atomic E-state index is -0.341. The van der Waals surface area contributed by atoms with Crippen LogP contribution in [0.4, 0.5) is 15.8 Å². The number of amides is 1. The number of hydrogen-bond acceptors (Lipinski definition) is 3. The molecule has 2 N–H and O–H groups in total. The second-order valence-corrected chi connectivity index (χ2v) is 5.94. The molecule has 0 fully saturated rings. The van der Waals surface area contributed by atoms with Gasteiger partial charge in [-0.3, -0.25) is 9.78 Å². The lowest BCUT2D eigenvalue weighted by Crippen LogP contribution is -2.13. The third kappa shape index (κ3) is 5.14. The lowest BCUT2D eigenvalue weighted by atomic mass is 10.1. The summed E-state index contributed by atoms with van der Waals surface area (Å²) in [5.41, 5.74) is 3.09. The summed E-state index contributed by atoms with van der Waals surface area (Å²) in [6.45, 7) is 0.791. The van der Waals surface area contributed by atoms with Crippen molar-refractivity contribution in [2.75, 3.05) is 17.2 Å². The highest BCUT2D eigenvalue weighted by molar-refractivity contribution is 6.04. The first-order valence-corrected chi connectivity index (χ1v) is 8.50. The molecule has 2 aromatic carbocycles. The highest BCUT2D eigenvalue weighted by atomic mass is 19.1. The molecule has 1 aromatic heterocycles. The fourth-order valence-corrected chi connectivity index (χ4v) is 2.57. The van der Waals surface area contributed by atoms with Crippen molar-refractivity contribution in [2.45, 2.75) is 12.8 Å². The average Bonchev–Trinajstić information content (AvgIpc) is 2.68. The van der Waals surface area contributed by atoms with Crippen LogP contribution in [0.5, 0.6) is 0 Å². The second kappa shape index (κ2) is 8.76. The highest BCUT2D eigenvalue weighted by Gasteiger charge is 2.07. The monoisotopic (exact) mass is 349 g/mol. The van der Waals surface area contributed by atoms with E-state index >= 15 is 0 Å². The van der Waals surface area contributed by atoms with E-state index < -0.39 is 0 Å². The smallest absolute Gasteiger partial charge is 0.257 e. The fraction of sp³-hybridized carbons (Fsp3) is 0.143. The average molecular weight is 349 g/mol. The summed E-state index contributed by atoms with van der Waals surface area (Å²) in [6.07, 6.45) is 5.17. The number of aryl methyl sites for hydroxylation is 1. The van der Waals surface area contributed by atoms with Crippen molar-refractivity contribution in [2.24, 2.45) is 0 Å². The third-order valence-electron chi connectivity index (χ3n) is 3.92. The summed E-state index contributed by atoms with van der Waals surface area (Å²) in [7, 11) is 0. The molecule has 26 heavy (non-hydrogen) atoms. The molecule has 0 bridgehead atoms. The first-order chi connectivity index (χ1) is 12.7. The first kappa shape index (κ1) is 17.6. The number of rotatable bonds is 7. The fourth-order valence-electron chi connectivity index (χ4n) is 2.57. The van der Waals surface area contributed by atoms with Crippen LogP contribution in [0.2, 0.25) is 0 Å². The Labute approximate surface area is 152 Å². The summed E-state index contributed by atoms with van der Waals surface area (Å²) in [5, 5.41) is 6.02. The Morgan fingerprint density at radius 1 is 0.962 bits per heavy atom. The van der Waals surface area contributed by atoms with Crippen molar-refractivity contribution in [1.82, 2.24) is 4.98 Å². The molecule has 0 saturated carbocycles. The predicted octanol–water partition coefficient (Wildman–Crippen LogP) is 4.52. The van der Waals surface area contributed by atoms with Crippen LogP contribution in [0.25, 0.3) is 0 Å². The summed E-state index contributed by atoms with van der Waals surface area (Å²) in [5.74, 6) is -0.622. The zero-order chi connectivity index (χ0) is 18.2. The van der Waals surface area contributed by atoms with Gasteiger partial charge in [-0.1, -0.05) is 30.3 Å². The van der Waals surface area contributed by atoms with Gasteiger partial charge in [0.2, 0.25) is 0 Å². The van der Waals surface area contributed by atoms with Crippen LogP contribution in [-0.2, 0) is 6.42 Å². The van der Waals surface area contributed by atoms with Gasteiger partial charge in [0.1, 0.15) is 5.82 Å². The molecule has 0 spiro atoms. The van der Waals surface area contributed by atoms with Gasteiger partial charge in [-0.15, -0.1) is 0 Å². The number of nitrogens with zero attached hydrogens (tertiary/aromatic N) is 1. The van der Waals surface area contributed by atoms with Crippen LogP contribution in [0.1, 0.15) is 22.3 Å². The molecule has 5 heteroatoms. The maximum Gasteiger partial charge on any atom is 0.257 e. The molecule has 0 radical (unpaired) electrons. The Morgan fingerprint density at radius 3 is 2.50 bits per heavy atom. The zero-order valence-corrected chi connectivity index (χ0v) is 14.3. The molecule has 0 unspecified atom stereocenters. The molecular weight excluding hydrogens is 329 g/mol. The van der Waals surface area contributed by atoms with Crippen LogP contribution in [0.3, 0.4) is 0 Å². The van der Waals surface area contributed by atoms with Gasteiger partial charge in [-0.2, -0.15) is 0 Å². The molecule has 0 atom stereocenters. The van der Waals surface area contributed by atoms with Gasteiger partial charge in [0.05, 0.1) is 11.3 Å². The SMILES string of the molecule is O=C(Nc1ccc(F)cc1)c1cncc(NCCCc2ccccc2)c1. The minimum Gasteiger partial charge on any atom is -0.384 e. The number of hydrogen-bond donors (Lipinski definition) is 2. The Kier molecular flexibility index (Phi) is 5.93. The van der Waals surface area contributed by atoms with Gasteiger partial charge >= 0.3 is 0 Å². The van der Waals surface area contributed by atoms with Gasteiger partial charge in [0.25, 0.3) is 5.91 Å². The Balaban J connectivity index is 1.52. The zero-order valence-electron chi connectivity index (χ0n) is 14.3. The van der Waals surface area contributed by atoms with Crippen molar-refractivity contribution in [3.05, 3.63) is 90.0 Å². The number of nitrogens with one attached hydrogen (secondary N) is 2. The van der Waals surface area contributed by atoms with Crippen LogP contribution in [0.15, 0.2) is 73.1 Å². The Hall–Kier alpha value is -3.21. The molecule has 0 aliphatic rings. The van der Waals surface area contributed by atoms with E-state index in [1.165, 1.54) is 36.0 Å². The Bertz CT molecular complexity index is 851. The first-order valence-electron chi connectivity index (χ1n) is 8.50. The van der Waals surface area contributed by atoms with Gasteiger partial charge in [-0.25, -0.2) is 4.39 Å². The van der Waals surface area contributed by atoms with E-state index in [2.05, 4.69) is 27.8 Å². The summed E-state index contributed by atoms with van der Waals surface area (Å²) in [4.78, 5) is 16.4. The number of carbonyl (C=O) groups is 1. The molecule has 0 aliphatic heterocycles. The molecular formula is C21H20FN3O. The van der Waals surface area contributed by atoms with Crippen LogP contribution < -0.4 is 10.6 Å². The lowest BCUT2D eigenvalue weighted by Gasteiger charge is -2.09. The lowest BCUT2D eigenvalue weighted by molar-refractivity contribution is 0.102. The highest BCUT2D eigenvalue weighted by Crippen LogP contribution is 2.13. The number of aromatic nitrogens is 1. The van der Waals surface area contributed by atoms with Gasteiger partial charge in [0, 0.05) is 24.6 Å².